The standard InChI is InChI=1S/C27H47F3N3O8PS/c28-27(29,30)26(14-15-26)13-9-7-5-3-1-2-4-6-8-10-18-43(38,39)19-11-17-41-42(36,37)22-40-23(21-34)20-33-16-12-24(31)32-25(33)35/h12,16,23,34H,1-11,13-15,17-22H2,(H,36,37)(H2,31,32,35). The van der Waals surface area contributed by atoms with Gasteiger partial charge in [-0.25, -0.2) is 13.2 Å². The molecule has 2 atom stereocenters. The second kappa shape index (κ2) is 17.8. The minimum absolute atomic E-state index is 0.0316. The molecule has 0 amide bonds. The van der Waals surface area contributed by atoms with Gasteiger partial charge in [-0.05, 0) is 38.2 Å². The molecule has 1 aromatic heterocycles. The van der Waals surface area contributed by atoms with Crippen molar-refractivity contribution in [2.75, 3.05) is 36.8 Å². The number of aromatic nitrogens is 2. The molecule has 1 saturated carbocycles. The first kappa shape index (κ1) is 37.7. The lowest BCUT2D eigenvalue weighted by Gasteiger charge is -2.19. The third-order valence-corrected chi connectivity index (χ3v) is 10.6. The molecule has 0 saturated heterocycles. The summed E-state index contributed by atoms with van der Waals surface area (Å²) < 4.78 is 86.8. The maximum Gasteiger partial charge on any atom is 0.394 e. The Hall–Kier alpha value is -1.51. The van der Waals surface area contributed by atoms with Crippen LogP contribution >= 0.6 is 7.60 Å². The average Bonchev–Trinajstić information content (AvgIpc) is 3.72. The van der Waals surface area contributed by atoms with Crippen LogP contribution in [0.3, 0.4) is 0 Å². The molecule has 1 fully saturated rings. The Morgan fingerprint density at radius 3 is 2.12 bits per heavy atom. The van der Waals surface area contributed by atoms with Gasteiger partial charge in [-0.2, -0.15) is 18.2 Å². The Balaban J connectivity index is 1.46. The Bertz CT molecular complexity index is 1180. The van der Waals surface area contributed by atoms with Gasteiger partial charge in [0.15, 0.2) is 0 Å². The molecule has 1 heterocycles. The first-order valence-electron chi connectivity index (χ1n) is 15.0. The predicted molar refractivity (Wildman–Crippen MR) is 157 cm³/mol. The van der Waals surface area contributed by atoms with Crippen LogP contribution in [0.4, 0.5) is 19.0 Å². The van der Waals surface area contributed by atoms with Crippen LogP contribution in [0.15, 0.2) is 17.1 Å². The lowest BCUT2D eigenvalue weighted by molar-refractivity contribution is -0.189. The van der Waals surface area contributed by atoms with Crippen LogP contribution in [0.2, 0.25) is 0 Å². The number of halogens is 3. The molecule has 2 rings (SSSR count). The average molecular weight is 662 g/mol. The highest BCUT2D eigenvalue weighted by molar-refractivity contribution is 7.91. The number of hydrogen-bond donors (Lipinski definition) is 3. The number of unbranched alkanes of at least 4 members (excludes halogenated alkanes) is 9. The number of anilines is 1. The van der Waals surface area contributed by atoms with Crippen molar-refractivity contribution in [3.8, 4) is 0 Å². The maximum absolute atomic E-state index is 12.9. The van der Waals surface area contributed by atoms with E-state index in [9.17, 15) is 40.9 Å². The quantitative estimate of drug-likeness (QED) is 0.103. The first-order valence-corrected chi connectivity index (χ1v) is 18.6. The molecule has 1 aliphatic rings. The molecule has 16 heteroatoms. The molecule has 43 heavy (non-hydrogen) atoms. The van der Waals surface area contributed by atoms with Crippen LogP contribution in [-0.2, 0) is 30.2 Å². The normalized spacial score (nSPS) is 17.0. The van der Waals surface area contributed by atoms with E-state index in [4.69, 9.17) is 15.0 Å². The fourth-order valence-corrected chi connectivity index (χ4v) is 7.11. The van der Waals surface area contributed by atoms with Crippen molar-refractivity contribution in [2.24, 2.45) is 5.41 Å². The number of rotatable bonds is 24. The fraction of sp³-hybridized carbons (Fsp3) is 0.852. The summed E-state index contributed by atoms with van der Waals surface area (Å²) in [4.78, 5) is 25.3. The van der Waals surface area contributed by atoms with Crippen molar-refractivity contribution >= 4 is 23.3 Å². The summed E-state index contributed by atoms with van der Waals surface area (Å²) in [6, 6.07) is 1.38. The van der Waals surface area contributed by atoms with Gasteiger partial charge in [0.1, 0.15) is 22.0 Å². The van der Waals surface area contributed by atoms with Crippen molar-refractivity contribution in [1.82, 2.24) is 9.55 Å². The highest BCUT2D eigenvalue weighted by Crippen LogP contribution is 2.60. The number of alkyl halides is 3. The lowest BCUT2D eigenvalue weighted by Crippen LogP contribution is -2.32. The number of hydrogen-bond acceptors (Lipinski definition) is 9. The van der Waals surface area contributed by atoms with Crippen LogP contribution in [0.1, 0.15) is 89.9 Å². The monoisotopic (exact) mass is 661 g/mol. The highest BCUT2D eigenvalue weighted by atomic mass is 32.2. The van der Waals surface area contributed by atoms with Gasteiger partial charge in [-0.3, -0.25) is 9.13 Å². The number of nitrogens with two attached hydrogens (primary N) is 1. The smallest absolute Gasteiger partial charge is 0.394 e. The van der Waals surface area contributed by atoms with E-state index in [1.807, 2.05) is 0 Å². The number of nitrogens with zero attached hydrogens (tertiary/aromatic N) is 2. The van der Waals surface area contributed by atoms with Crippen LogP contribution in [0, 0.1) is 5.41 Å². The summed E-state index contributed by atoms with van der Waals surface area (Å²) in [5, 5.41) is 9.46. The van der Waals surface area contributed by atoms with Crippen molar-refractivity contribution in [3.63, 3.8) is 0 Å². The number of aliphatic hydroxyl groups excluding tert-OH is 1. The van der Waals surface area contributed by atoms with Gasteiger partial charge in [0.25, 0.3) is 0 Å². The minimum atomic E-state index is -4.22. The Morgan fingerprint density at radius 2 is 1.58 bits per heavy atom. The zero-order chi connectivity index (χ0) is 32.0. The second-order valence-electron chi connectivity index (χ2n) is 11.4. The van der Waals surface area contributed by atoms with Gasteiger partial charge in [0.05, 0.1) is 42.8 Å². The fourth-order valence-electron chi connectivity index (χ4n) is 4.81. The van der Waals surface area contributed by atoms with Gasteiger partial charge >= 0.3 is 19.5 Å². The van der Waals surface area contributed by atoms with E-state index in [1.165, 1.54) is 12.3 Å². The van der Waals surface area contributed by atoms with Gasteiger partial charge in [-0.15, -0.1) is 0 Å². The Morgan fingerprint density at radius 1 is 1.02 bits per heavy atom. The SMILES string of the molecule is Nc1ccn(CC(CO)OCP(=O)(O)OCCCS(=O)(=O)CCCCCCCCCCCCC2(C(F)(F)F)CC2)c(=O)n1. The van der Waals surface area contributed by atoms with Crippen molar-refractivity contribution in [2.45, 2.75) is 109 Å². The molecule has 0 aliphatic heterocycles. The Kier molecular flexibility index (Phi) is 15.6. The number of nitrogen functional groups attached to an aromatic ring is 1. The van der Waals surface area contributed by atoms with E-state index in [2.05, 4.69) is 4.98 Å². The van der Waals surface area contributed by atoms with Crippen molar-refractivity contribution < 1.29 is 45.4 Å². The second-order valence-corrected chi connectivity index (χ2v) is 15.5. The summed E-state index contributed by atoms with van der Waals surface area (Å²) in [5.41, 5.74) is 3.37. The van der Waals surface area contributed by atoms with Crippen LogP contribution < -0.4 is 11.4 Å². The molecule has 0 bridgehead atoms. The minimum Gasteiger partial charge on any atom is -0.394 e. The predicted octanol–water partition coefficient (Wildman–Crippen LogP) is 4.80. The molecule has 0 spiro atoms. The number of ether oxygens (including phenoxy) is 1. The van der Waals surface area contributed by atoms with Crippen LogP contribution in [0.5, 0.6) is 0 Å². The molecule has 4 N–H and O–H groups in total. The highest BCUT2D eigenvalue weighted by Gasteiger charge is 2.62. The van der Waals surface area contributed by atoms with E-state index in [-0.39, 0.29) is 56.2 Å². The summed E-state index contributed by atoms with van der Waals surface area (Å²) in [5.74, 6) is -0.113. The molecule has 250 valence electrons. The van der Waals surface area contributed by atoms with Gasteiger partial charge < -0.3 is 25.0 Å². The zero-order valence-electron chi connectivity index (χ0n) is 24.7. The van der Waals surface area contributed by atoms with Gasteiger partial charge in [-0.1, -0.05) is 57.8 Å². The van der Waals surface area contributed by atoms with Crippen molar-refractivity contribution in [1.29, 1.82) is 0 Å². The molecule has 11 nitrogen and oxygen atoms in total. The van der Waals surface area contributed by atoms with E-state index in [0.29, 0.717) is 12.8 Å². The van der Waals surface area contributed by atoms with E-state index < -0.39 is 53.8 Å². The van der Waals surface area contributed by atoms with Crippen LogP contribution in [0.25, 0.3) is 0 Å². The van der Waals surface area contributed by atoms with Gasteiger partial charge in [0, 0.05) is 6.20 Å². The largest absolute Gasteiger partial charge is 0.394 e. The maximum atomic E-state index is 12.9. The molecule has 1 aromatic rings. The summed E-state index contributed by atoms with van der Waals surface area (Å²) in [6.07, 6.45) is 5.13. The molecule has 2 unspecified atom stereocenters. The van der Waals surface area contributed by atoms with E-state index in [1.54, 1.807) is 0 Å². The molecule has 0 radical (unpaired) electrons. The Labute approximate surface area is 251 Å². The summed E-state index contributed by atoms with van der Waals surface area (Å²) in [6.45, 7) is -0.921. The molecule has 0 aromatic carbocycles. The van der Waals surface area contributed by atoms with Gasteiger partial charge in [0.2, 0.25) is 0 Å². The summed E-state index contributed by atoms with van der Waals surface area (Å²) >= 11 is 0. The van der Waals surface area contributed by atoms with E-state index in [0.717, 1.165) is 55.9 Å². The molecular formula is C27H47F3N3O8PS. The molecule has 1 aliphatic carbocycles. The number of sulfone groups is 1. The summed E-state index contributed by atoms with van der Waals surface area (Å²) in [7, 11) is -7.55. The first-order chi connectivity index (χ1) is 20.2. The van der Waals surface area contributed by atoms with E-state index >= 15 is 0 Å². The topological polar surface area (TPSA) is 171 Å². The third-order valence-electron chi connectivity index (χ3n) is 7.68. The van der Waals surface area contributed by atoms with Crippen LogP contribution in [-0.4, -0.2) is 71.3 Å². The zero-order valence-corrected chi connectivity index (χ0v) is 26.4. The molecular weight excluding hydrogens is 614 g/mol. The number of aliphatic hydroxyl groups is 1. The van der Waals surface area contributed by atoms with Crippen molar-refractivity contribution in [3.05, 3.63) is 22.7 Å². The third kappa shape index (κ3) is 14.9. The lowest BCUT2D eigenvalue weighted by atomic mass is 9.97.